The van der Waals surface area contributed by atoms with Crippen molar-refractivity contribution < 1.29 is 4.43 Å². The van der Waals surface area contributed by atoms with Crippen LogP contribution in [-0.2, 0) is 9.84 Å². The Morgan fingerprint density at radius 2 is 1.98 bits per heavy atom. The number of hydrogen-bond donors (Lipinski definition) is 2. The third-order valence-corrected chi connectivity index (χ3v) is 13.5. The monoisotopic (exact) mass is 558 g/mol. The van der Waals surface area contributed by atoms with Gasteiger partial charge in [-0.25, -0.2) is 9.97 Å². The van der Waals surface area contributed by atoms with Gasteiger partial charge in [0.25, 0.3) is 0 Å². The lowest BCUT2D eigenvalue weighted by Crippen LogP contribution is -2.45. The van der Waals surface area contributed by atoms with Crippen LogP contribution < -0.4 is 10.6 Å². The summed E-state index contributed by atoms with van der Waals surface area (Å²) in [5.41, 5.74) is 4.02. The minimum absolute atomic E-state index is 0.130. The number of likely N-dealkylation sites (tertiary alicyclic amines) is 1. The predicted molar refractivity (Wildman–Crippen MR) is 162 cm³/mol. The van der Waals surface area contributed by atoms with Gasteiger partial charge in [0.2, 0.25) is 5.95 Å². The summed E-state index contributed by atoms with van der Waals surface area (Å²) in [5, 5.41) is 21.7. The van der Waals surface area contributed by atoms with Crippen LogP contribution in [-0.4, -0.2) is 66.3 Å². The molecule has 3 aromatic rings. The lowest BCUT2D eigenvalue weighted by Gasteiger charge is -2.39. The molecule has 0 saturated carbocycles. The number of benzene rings is 1. The Balaban J connectivity index is 1.38. The van der Waals surface area contributed by atoms with Crippen LogP contribution in [0.4, 0.5) is 17.5 Å². The molecule has 4 heterocycles. The van der Waals surface area contributed by atoms with Crippen molar-refractivity contribution in [1.29, 1.82) is 5.26 Å². The topological polar surface area (TPSA) is 104 Å². The van der Waals surface area contributed by atoms with Crippen molar-refractivity contribution in [3.8, 4) is 17.3 Å². The normalized spacial score (nSPS) is 20.1. The number of nitriles is 1. The quantitative estimate of drug-likeness (QED) is 0.344. The highest BCUT2D eigenvalue weighted by Gasteiger charge is 2.42. The van der Waals surface area contributed by atoms with E-state index in [1.165, 1.54) is 0 Å². The van der Waals surface area contributed by atoms with Crippen LogP contribution in [0.1, 0.15) is 57.7 Å². The van der Waals surface area contributed by atoms with E-state index in [0.29, 0.717) is 24.2 Å². The van der Waals surface area contributed by atoms with Crippen LogP contribution in [0.25, 0.3) is 11.3 Å². The van der Waals surface area contributed by atoms with Crippen molar-refractivity contribution in [1.82, 2.24) is 24.6 Å². The second-order valence-electron chi connectivity index (χ2n) is 13.1. The van der Waals surface area contributed by atoms with Gasteiger partial charge < -0.3 is 20.0 Å². The highest BCUT2D eigenvalue weighted by Crippen LogP contribution is 2.44. The summed E-state index contributed by atoms with van der Waals surface area (Å²) in [4.78, 5) is 11.6. The maximum atomic E-state index is 10.0. The summed E-state index contributed by atoms with van der Waals surface area (Å²) < 4.78 is 8.72. The first-order valence-electron chi connectivity index (χ1n) is 14.2. The minimum atomic E-state index is -1.93. The summed E-state index contributed by atoms with van der Waals surface area (Å²) in [5.74, 6) is 1.20. The number of piperidine rings is 1. The first-order chi connectivity index (χ1) is 18.9. The highest BCUT2D eigenvalue weighted by atomic mass is 28.4. The van der Waals surface area contributed by atoms with Crippen LogP contribution in [0.5, 0.6) is 0 Å². The van der Waals surface area contributed by atoms with Crippen molar-refractivity contribution in [3.63, 3.8) is 0 Å². The van der Waals surface area contributed by atoms with Gasteiger partial charge in [0.15, 0.2) is 14.1 Å². The molecule has 2 aliphatic heterocycles. The number of hydrogen-bond acceptors (Lipinski definition) is 8. The lowest BCUT2D eigenvalue weighted by atomic mass is 9.83. The Morgan fingerprint density at radius 3 is 2.67 bits per heavy atom. The first kappa shape index (κ1) is 28.3. The van der Waals surface area contributed by atoms with Crippen LogP contribution in [0.15, 0.2) is 36.7 Å². The van der Waals surface area contributed by atoms with E-state index in [1.807, 2.05) is 24.4 Å². The Morgan fingerprint density at radius 1 is 1.23 bits per heavy atom. The predicted octanol–water partition coefficient (Wildman–Crippen LogP) is 5.93. The molecule has 0 unspecified atom stereocenters. The maximum absolute atomic E-state index is 10.0. The molecule has 0 spiro atoms. The van der Waals surface area contributed by atoms with Gasteiger partial charge in [-0.15, -0.1) is 0 Å². The molecule has 5 rings (SSSR count). The molecule has 2 N–H and O–H groups in total. The molecule has 10 heteroatoms. The van der Waals surface area contributed by atoms with Crippen molar-refractivity contribution in [3.05, 3.63) is 47.8 Å². The van der Waals surface area contributed by atoms with Gasteiger partial charge in [0, 0.05) is 42.6 Å². The third-order valence-electron chi connectivity index (χ3n) is 8.98. The van der Waals surface area contributed by atoms with Gasteiger partial charge in [0.1, 0.15) is 6.07 Å². The third kappa shape index (κ3) is 5.64. The molecule has 1 saturated heterocycles. The smallest absolute Gasteiger partial charge is 0.228 e. The standard InChI is InChI=1S/C30H42N8OSi/c1-29(2,3)40(6,7)39-20-30(4)19-33-27-22(18-31)16-21(17-24(27)30)25-8-12-32-28(34-25)35-26-11-15-38(36-26)23-9-13-37(5)14-10-23/h8,11-12,15-17,23,33H,9-10,13-14,19-20H2,1-7H3,(H,32,34,35,36)/t30-/m1/s1. The highest BCUT2D eigenvalue weighted by molar-refractivity contribution is 6.74. The number of anilines is 3. The van der Waals surface area contributed by atoms with E-state index in [9.17, 15) is 5.26 Å². The zero-order valence-electron chi connectivity index (χ0n) is 24.9. The first-order valence-corrected chi connectivity index (χ1v) is 17.1. The van der Waals surface area contributed by atoms with Gasteiger partial charge >= 0.3 is 0 Å². The Hall–Kier alpha value is -3.26. The Labute approximate surface area is 239 Å². The Kier molecular flexibility index (Phi) is 7.50. The number of rotatable bonds is 7. The van der Waals surface area contributed by atoms with Crippen molar-refractivity contribution in [2.75, 3.05) is 43.9 Å². The molecular weight excluding hydrogens is 516 g/mol. The fraction of sp³-hybridized carbons (Fsp3) is 0.533. The van der Waals surface area contributed by atoms with E-state index in [4.69, 9.17) is 14.5 Å². The van der Waals surface area contributed by atoms with Crippen LogP contribution in [0, 0.1) is 11.3 Å². The lowest BCUT2D eigenvalue weighted by molar-refractivity contribution is 0.212. The molecule has 0 amide bonds. The van der Waals surface area contributed by atoms with Crippen molar-refractivity contribution in [2.24, 2.45) is 0 Å². The summed E-state index contributed by atoms with van der Waals surface area (Å²) >= 11 is 0. The SMILES string of the molecule is CN1CCC(n2ccc(Nc3nccc(-c4cc(C#N)c5c(c4)[C@@](C)(CO[Si](C)(C)C(C)(C)C)CN5)n3)n2)CC1. The molecule has 0 aliphatic carbocycles. The van der Waals surface area contributed by atoms with Gasteiger partial charge in [-0.1, -0.05) is 27.7 Å². The fourth-order valence-electron chi connectivity index (χ4n) is 5.17. The molecule has 1 aromatic carbocycles. The number of fused-ring (bicyclic) bond motifs is 1. The van der Waals surface area contributed by atoms with E-state index >= 15 is 0 Å². The molecule has 2 aliphatic rings. The van der Waals surface area contributed by atoms with Crippen molar-refractivity contribution in [2.45, 2.75) is 70.1 Å². The molecule has 2 aromatic heterocycles. The van der Waals surface area contributed by atoms with Gasteiger partial charge in [-0.2, -0.15) is 10.4 Å². The zero-order chi connectivity index (χ0) is 28.7. The van der Waals surface area contributed by atoms with E-state index in [2.05, 4.69) is 85.2 Å². The molecule has 0 bridgehead atoms. The molecule has 9 nitrogen and oxygen atoms in total. The zero-order valence-corrected chi connectivity index (χ0v) is 25.9. The summed E-state index contributed by atoms with van der Waals surface area (Å²) in [7, 11) is 0.235. The number of nitrogens with one attached hydrogen (secondary N) is 2. The summed E-state index contributed by atoms with van der Waals surface area (Å²) in [6.07, 6.45) is 5.97. The summed E-state index contributed by atoms with van der Waals surface area (Å²) in [6, 6.07) is 10.7. The molecule has 0 radical (unpaired) electrons. The molecular formula is C30H42N8OSi. The fourth-order valence-corrected chi connectivity index (χ4v) is 6.28. The van der Waals surface area contributed by atoms with Crippen molar-refractivity contribution >= 4 is 25.8 Å². The van der Waals surface area contributed by atoms with Gasteiger partial charge in [0.05, 0.1) is 23.0 Å². The molecule has 1 fully saturated rings. The second-order valence-corrected chi connectivity index (χ2v) is 17.9. The van der Waals surface area contributed by atoms with Crippen LogP contribution in [0.3, 0.4) is 0 Å². The molecule has 212 valence electrons. The van der Waals surface area contributed by atoms with Crippen LogP contribution in [0.2, 0.25) is 18.1 Å². The van der Waals surface area contributed by atoms with E-state index in [-0.39, 0.29) is 10.5 Å². The van der Waals surface area contributed by atoms with E-state index in [1.54, 1.807) is 6.20 Å². The van der Waals surface area contributed by atoms with E-state index < -0.39 is 8.32 Å². The largest absolute Gasteiger partial charge is 0.416 e. The average molecular weight is 559 g/mol. The van der Waals surface area contributed by atoms with Crippen LogP contribution >= 0.6 is 0 Å². The maximum Gasteiger partial charge on any atom is 0.228 e. The summed E-state index contributed by atoms with van der Waals surface area (Å²) in [6.45, 7) is 17.1. The van der Waals surface area contributed by atoms with Gasteiger partial charge in [-0.3, -0.25) is 4.68 Å². The number of nitrogens with zero attached hydrogens (tertiary/aromatic N) is 6. The average Bonchev–Trinajstić information content (AvgIpc) is 3.52. The second kappa shape index (κ2) is 10.6. The van der Waals surface area contributed by atoms with Gasteiger partial charge in [-0.05, 0) is 74.9 Å². The molecule has 40 heavy (non-hydrogen) atoms. The minimum Gasteiger partial charge on any atom is -0.416 e. The Bertz CT molecular complexity index is 1410. The molecule has 1 atom stereocenters. The van der Waals surface area contributed by atoms with E-state index in [0.717, 1.165) is 60.8 Å². The number of aromatic nitrogens is 4.